The summed E-state index contributed by atoms with van der Waals surface area (Å²) in [7, 11) is 0. The molecule has 0 aliphatic carbocycles. The van der Waals surface area contributed by atoms with Gasteiger partial charge in [-0.3, -0.25) is 9.59 Å². The fourth-order valence-corrected chi connectivity index (χ4v) is 3.65. The number of esters is 2. The van der Waals surface area contributed by atoms with Gasteiger partial charge in [0.05, 0.1) is 31.2 Å². The predicted molar refractivity (Wildman–Crippen MR) is 100 cm³/mol. The third-order valence-electron chi connectivity index (χ3n) is 3.24. The van der Waals surface area contributed by atoms with Crippen molar-refractivity contribution >= 4 is 50.5 Å². The van der Waals surface area contributed by atoms with Crippen LogP contribution in [0.15, 0.2) is 10.2 Å². The number of carbonyl (C=O) groups is 2. The topological polar surface area (TPSA) is 107 Å². The fraction of sp³-hybridized carbons (Fsp3) is 0.438. The van der Waals surface area contributed by atoms with E-state index in [1.54, 1.807) is 27.7 Å². The lowest BCUT2D eigenvalue weighted by Gasteiger charge is -2.11. The number of azo groups is 1. The Hall–Kier alpha value is -2.71. The molecule has 2 aromatic rings. The van der Waals surface area contributed by atoms with Gasteiger partial charge in [0.25, 0.3) is 0 Å². The van der Waals surface area contributed by atoms with Crippen LogP contribution >= 0.6 is 22.9 Å². The molecule has 0 aromatic carbocycles. The van der Waals surface area contributed by atoms with Crippen LogP contribution in [0, 0.1) is 20.4 Å². The van der Waals surface area contributed by atoms with Crippen molar-refractivity contribution in [1.29, 1.82) is 0 Å². The first-order chi connectivity index (χ1) is 12.9. The zero-order valence-electron chi connectivity index (χ0n) is 15.2. The standard InChI is InChI=1S/C16H17N5O4S2/c1-6-24-15(22)10(16(23)25-7-2)13-18-9(4)12(26-13)19-20-14-11(17-5)8(3)21-27-14/h10H,6-7H2,1-4H3/b20-19+. The van der Waals surface area contributed by atoms with Gasteiger partial charge in [-0.2, -0.15) is 0 Å². The zero-order valence-corrected chi connectivity index (χ0v) is 16.8. The van der Waals surface area contributed by atoms with Gasteiger partial charge in [-0.05, 0) is 39.2 Å². The average Bonchev–Trinajstić information content (AvgIpc) is 3.15. The second-order valence-electron chi connectivity index (χ2n) is 5.11. The summed E-state index contributed by atoms with van der Waals surface area (Å²) in [5, 5.41) is 9.23. The molecule has 0 radical (unpaired) electrons. The SMILES string of the molecule is [C-]#[N+]c1c(C)nsc1/N=N/c1sc(C(C(=O)OCC)C(=O)OCC)nc1C. The molecule has 0 spiro atoms. The van der Waals surface area contributed by atoms with Crippen LogP contribution in [0.4, 0.5) is 15.7 Å². The Kier molecular flexibility index (Phi) is 7.09. The van der Waals surface area contributed by atoms with E-state index in [-0.39, 0.29) is 18.2 Å². The second-order valence-corrected chi connectivity index (χ2v) is 6.87. The number of nitrogens with zero attached hydrogens (tertiary/aromatic N) is 5. The lowest BCUT2D eigenvalue weighted by atomic mass is 10.1. The molecule has 2 aromatic heterocycles. The number of aryl methyl sites for hydroxylation is 2. The molecular formula is C16H17N5O4S2. The molecule has 0 aliphatic rings. The first kappa shape index (κ1) is 20.6. The molecule has 0 saturated heterocycles. The van der Waals surface area contributed by atoms with Gasteiger partial charge in [-0.25, -0.2) is 14.2 Å². The van der Waals surface area contributed by atoms with Gasteiger partial charge in [-0.15, -0.1) is 10.2 Å². The van der Waals surface area contributed by atoms with Crippen LogP contribution in [-0.4, -0.2) is 34.5 Å². The van der Waals surface area contributed by atoms with Gasteiger partial charge < -0.3 is 9.47 Å². The maximum absolute atomic E-state index is 12.2. The van der Waals surface area contributed by atoms with Crippen LogP contribution in [-0.2, 0) is 19.1 Å². The maximum atomic E-state index is 12.2. The van der Waals surface area contributed by atoms with Gasteiger partial charge in [0.2, 0.25) is 11.6 Å². The highest BCUT2D eigenvalue weighted by Gasteiger charge is 2.35. The third-order valence-corrected chi connectivity index (χ3v) is 5.16. The second kappa shape index (κ2) is 9.29. The molecule has 0 unspecified atom stereocenters. The minimum absolute atomic E-state index is 0.135. The molecule has 0 amide bonds. The van der Waals surface area contributed by atoms with Crippen LogP contribution in [0.25, 0.3) is 4.85 Å². The van der Waals surface area contributed by atoms with Gasteiger partial charge in [0.1, 0.15) is 5.01 Å². The number of hydrogen-bond acceptors (Lipinski definition) is 10. The number of hydrogen-bond donors (Lipinski definition) is 0. The molecule has 0 saturated carbocycles. The third kappa shape index (κ3) is 4.72. The quantitative estimate of drug-likeness (QED) is 0.291. The number of aromatic nitrogens is 2. The molecule has 0 bridgehead atoms. The molecule has 27 heavy (non-hydrogen) atoms. The van der Waals surface area contributed by atoms with E-state index in [2.05, 4.69) is 24.4 Å². The Morgan fingerprint density at radius 2 is 1.70 bits per heavy atom. The number of rotatable bonds is 7. The molecular weight excluding hydrogens is 390 g/mol. The predicted octanol–water partition coefficient (Wildman–Crippen LogP) is 4.39. The van der Waals surface area contributed by atoms with E-state index in [0.717, 1.165) is 22.9 Å². The molecule has 0 aliphatic heterocycles. The molecule has 0 atom stereocenters. The van der Waals surface area contributed by atoms with Crippen molar-refractivity contribution in [2.24, 2.45) is 10.2 Å². The summed E-state index contributed by atoms with van der Waals surface area (Å²) < 4.78 is 14.0. The van der Waals surface area contributed by atoms with Crippen molar-refractivity contribution in [3.05, 3.63) is 27.8 Å². The highest BCUT2D eigenvalue weighted by Crippen LogP contribution is 2.39. The van der Waals surface area contributed by atoms with Crippen molar-refractivity contribution in [1.82, 2.24) is 9.36 Å². The van der Waals surface area contributed by atoms with E-state index in [0.29, 0.717) is 27.1 Å². The highest BCUT2D eigenvalue weighted by molar-refractivity contribution is 7.16. The maximum Gasteiger partial charge on any atom is 0.327 e. The number of ether oxygens (including phenoxy) is 2. The van der Waals surface area contributed by atoms with E-state index >= 15 is 0 Å². The molecule has 2 heterocycles. The molecule has 9 nitrogen and oxygen atoms in total. The summed E-state index contributed by atoms with van der Waals surface area (Å²) in [6.07, 6.45) is 0. The first-order valence-electron chi connectivity index (χ1n) is 7.98. The Bertz CT molecular complexity index is 895. The minimum atomic E-state index is -1.26. The minimum Gasteiger partial charge on any atom is -0.465 e. The fourth-order valence-electron chi connectivity index (χ4n) is 2.01. The summed E-state index contributed by atoms with van der Waals surface area (Å²) in [5.74, 6) is -2.70. The Morgan fingerprint density at radius 1 is 1.11 bits per heavy atom. The van der Waals surface area contributed by atoms with E-state index in [9.17, 15) is 9.59 Å². The summed E-state index contributed by atoms with van der Waals surface area (Å²) in [4.78, 5) is 32.1. The first-order valence-corrected chi connectivity index (χ1v) is 9.57. The van der Waals surface area contributed by atoms with Gasteiger partial charge in [0.15, 0.2) is 10.0 Å². The van der Waals surface area contributed by atoms with E-state index in [1.165, 1.54) is 0 Å². The van der Waals surface area contributed by atoms with Crippen LogP contribution in [0.2, 0.25) is 0 Å². The Labute approximate surface area is 164 Å². The van der Waals surface area contributed by atoms with Crippen molar-refractivity contribution in [2.45, 2.75) is 33.6 Å². The van der Waals surface area contributed by atoms with E-state index < -0.39 is 17.9 Å². The van der Waals surface area contributed by atoms with Crippen molar-refractivity contribution < 1.29 is 19.1 Å². The highest BCUT2D eigenvalue weighted by atomic mass is 32.1. The molecule has 0 N–H and O–H groups in total. The molecule has 11 heteroatoms. The van der Waals surface area contributed by atoms with E-state index in [1.807, 2.05) is 0 Å². The lowest BCUT2D eigenvalue weighted by molar-refractivity contribution is -0.156. The largest absolute Gasteiger partial charge is 0.465 e. The van der Waals surface area contributed by atoms with Crippen LogP contribution < -0.4 is 0 Å². The average molecular weight is 407 g/mol. The van der Waals surface area contributed by atoms with Crippen LogP contribution in [0.1, 0.15) is 36.2 Å². The molecule has 2 rings (SSSR count). The van der Waals surface area contributed by atoms with Crippen molar-refractivity contribution in [2.75, 3.05) is 13.2 Å². The monoisotopic (exact) mass is 407 g/mol. The van der Waals surface area contributed by atoms with Crippen molar-refractivity contribution in [3.63, 3.8) is 0 Å². The zero-order chi connectivity index (χ0) is 20.0. The number of carbonyl (C=O) groups excluding carboxylic acids is 2. The molecule has 0 fully saturated rings. The number of thiazole rings is 1. The smallest absolute Gasteiger partial charge is 0.327 e. The lowest BCUT2D eigenvalue weighted by Crippen LogP contribution is -2.26. The summed E-state index contributed by atoms with van der Waals surface area (Å²) in [5.41, 5.74) is 1.44. The Morgan fingerprint density at radius 3 is 2.26 bits per heavy atom. The summed E-state index contributed by atoms with van der Waals surface area (Å²) in [6.45, 7) is 14.2. The van der Waals surface area contributed by atoms with Gasteiger partial charge >= 0.3 is 11.9 Å². The van der Waals surface area contributed by atoms with Gasteiger partial charge in [0, 0.05) is 0 Å². The Balaban J connectivity index is 2.34. The van der Waals surface area contributed by atoms with Crippen LogP contribution in [0.5, 0.6) is 0 Å². The summed E-state index contributed by atoms with van der Waals surface area (Å²) >= 11 is 2.12. The normalized spacial score (nSPS) is 11.0. The van der Waals surface area contributed by atoms with Crippen molar-refractivity contribution in [3.8, 4) is 0 Å². The van der Waals surface area contributed by atoms with Crippen LogP contribution in [0.3, 0.4) is 0 Å². The van der Waals surface area contributed by atoms with Gasteiger partial charge in [-0.1, -0.05) is 11.3 Å². The molecule has 142 valence electrons. The summed E-state index contributed by atoms with van der Waals surface area (Å²) in [6, 6.07) is 0. The van der Waals surface area contributed by atoms with E-state index in [4.69, 9.17) is 16.0 Å².